The summed E-state index contributed by atoms with van der Waals surface area (Å²) in [4.78, 5) is 22.6. The highest BCUT2D eigenvalue weighted by Gasteiger charge is 2.24. The number of carbonyl (C=O) groups is 1. The molecule has 3 N–H and O–H groups in total. The average Bonchev–Trinajstić information content (AvgIpc) is 3.11. The maximum absolute atomic E-state index is 13.2. The Morgan fingerprint density at radius 1 is 0.970 bits per heavy atom. The number of fused-ring (bicyclic) bond motifs is 2. The summed E-state index contributed by atoms with van der Waals surface area (Å²) in [6.45, 7) is 0.362. The highest BCUT2D eigenvalue weighted by atomic mass is 35.5. The van der Waals surface area contributed by atoms with E-state index in [1.54, 1.807) is 18.3 Å². The second kappa shape index (κ2) is 8.72. The second-order valence-electron chi connectivity index (χ2n) is 7.42. The van der Waals surface area contributed by atoms with Crippen molar-refractivity contribution in [1.82, 2.24) is 20.0 Å². The number of nitrogens with one attached hydrogen (secondary N) is 1. The van der Waals surface area contributed by atoms with Crippen LogP contribution in [0, 0.1) is 0 Å². The Morgan fingerprint density at radius 2 is 1.64 bits per heavy atom. The summed E-state index contributed by atoms with van der Waals surface area (Å²) in [7, 11) is 0. The van der Waals surface area contributed by atoms with Crippen molar-refractivity contribution in [3.8, 4) is 0 Å². The van der Waals surface area contributed by atoms with Gasteiger partial charge in [0.15, 0.2) is 5.65 Å². The van der Waals surface area contributed by atoms with Crippen LogP contribution >= 0.6 is 11.6 Å². The molecule has 7 nitrogen and oxygen atoms in total. The zero-order valence-corrected chi connectivity index (χ0v) is 18.2. The molecule has 0 fully saturated rings. The number of benzene rings is 3. The molecule has 0 bridgehead atoms. The van der Waals surface area contributed by atoms with Crippen LogP contribution in [0.5, 0.6) is 0 Å². The molecule has 1 amide bonds. The van der Waals surface area contributed by atoms with E-state index in [0.29, 0.717) is 33.8 Å². The number of hydrogen-bond donors (Lipinski definition) is 2. The lowest BCUT2D eigenvalue weighted by molar-refractivity contribution is 0.0953. The van der Waals surface area contributed by atoms with Gasteiger partial charge < -0.3 is 11.1 Å². The molecule has 0 aliphatic carbocycles. The molecular formula is C25H19ClN6O. The topological polar surface area (TPSA) is 98.2 Å². The van der Waals surface area contributed by atoms with Crippen LogP contribution in [0.3, 0.4) is 0 Å². The van der Waals surface area contributed by atoms with E-state index in [0.717, 1.165) is 11.1 Å². The lowest BCUT2D eigenvalue weighted by atomic mass is 10.2. The summed E-state index contributed by atoms with van der Waals surface area (Å²) in [5.41, 5.74) is 10.6. The van der Waals surface area contributed by atoms with Gasteiger partial charge in [-0.1, -0.05) is 66.2 Å². The minimum absolute atomic E-state index is 0.163. The number of para-hydroxylation sites is 2. The van der Waals surface area contributed by atoms with E-state index in [2.05, 4.69) is 15.4 Å². The molecular weight excluding hydrogens is 436 g/mol. The maximum atomic E-state index is 13.2. The molecule has 162 valence electrons. The number of aromatic nitrogens is 3. The largest absolute Gasteiger partial charge is 0.383 e. The van der Waals surface area contributed by atoms with E-state index in [9.17, 15) is 4.79 Å². The normalized spacial score (nSPS) is 11.4. The predicted octanol–water partition coefficient (Wildman–Crippen LogP) is 4.63. The Balaban J connectivity index is 1.60. The fraction of sp³-hybridized carbons (Fsp3) is 0.0400. The molecule has 0 saturated heterocycles. The molecule has 0 aliphatic rings. The summed E-state index contributed by atoms with van der Waals surface area (Å²) >= 11 is 5.97. The molecule has 33 heavy (non-hydrogen) atoms. The van der Waals surface area contributed by atoms with Crippen LogP contribution in [-0.4, -0.2) is 26.8 Å². The van der Waals surface area contributed by atoms with Crippen LogP contribution in [0.2, 0.25) is 5.02 Å². The van der Waals surface area contributed by atoms with Crippen molar-refractivity contribution in [2.45, 2.75) is 6.54 Å². The molecule has 0 saturated carbocycles. The number of anilines is 1. The molecule has 5 aromatic rings. The number of hydrogen-bond acceptors (Lipinski definition) is 5. The number of carbonyl (C=O) groups excluding carboxylic acids is 1. The molecule has 5 rings (SSSR count). The van der Waals surface area contributed by atoms with Crippen molar-refractivity contribution in [2.75, 3.05) is 5.73 Å². The monoisotopic (exact) mass is 454 g/mol. The first kappa shape index (κ1) is 20.7. The summed E-state index contributed by atoms with van der Waals surface area (Å²) in [6, 6.07) is 24.3. The Bertz CT molecular complexity index is 1490. The first-order chi connectivity index (χ1) is 16.1. The molecule has 2 aromatic heterocycles. The van der Waals surface area contributed by atoms with Crippen LogP contribution in [0.15, 0.2) is 84.0 Å². The Hall–Kier alpha value is -4.23. The van der Waals surface area contributed by atoms with Gasteiger partial charge in [-0.05, 0) is 35.4 Å². The van der Waals surface area contributed by atoms with Gasteiger partial charge in [0, 0.05) is 11.6 Å². The molecule has 0 spiro atoms. The van der Waals surface area contributed by atoms with Gasteiger partial charge in [0.05, 0.1) is 17.2 Å². The van der Waals surface area contributed by atoms with Gasteiger partial charge in [0.2, 0.25) is 0 Å². The summed E-state index contributed by atoms with van der Waals surface area (Å²) in [5.74, 6) is -0.178. The lowest BCUT2D eigenvalue weighted by Gasteiger charge is -2.05. The van der Waals surface area contributed by atoms with Crippen molar-refractivity contribution in [3.63, 3.8) is 0 Å². The number of nitrogens with zero attached hydrogens (tertiary/aromatic N) is 4. The highest BCUT2D eigenvalue weighted by molar-refractivity contribution is 6.30. The average molecular weight is 455 g/mol. The Morgan fingerprint density at radius 3 is 2.36 bits per heavy atom. The second-order valence-corrected chi connectivity index (χ2v) is 7.86. The van der Waals surface area contributed by atoms with E-state index >= 15 is 0 Å². The number of nitrogens with two attached hydrogens (primary N) is 1. The van der Waals surface area contributed by atoms with E-state index < -0.39 is 0 Å². The molecule has 0 aliphatic heterocycles. The summed E-state index contributed by atoms with van der Waals surface area (Å²) in [5, 5.41) is 8.06. The summed E-state index contributed by atoms with van der Waals surface area (Å²) in [6.07, 6.45) is 1.63. The molecule has 3 aromatic carbocycles. The van der Waals surface area contributed by atoms with Crippen LogP contribution in [0.1, 0.15) is 21.5 Å². The smallest absolute Gasteiger partial charge is 0.257 e. The Kier molecular flexibility index (Phi) is 5.46. The van der Waals surface area contributed by atoms with Gasteiger partial charge in [-0.25, -0.2) is 9.97 Å². The highest BCUT2D eigenvalue weighted by Crippen LogP contribution is 2.28. The van der Waals surface area contributed by atoms with Crippen molar-refractivity contribution in [3.05, 3.63) is 101 Å². The van der Waals surface area contributed by atoms with E-state index in [1.807, 2.05) is 66.7 Å². The number of halogens is 1. The van der Waals surface area contributed by atoms with E-state index in [4.69, 9.17) is 22.3 Å². The standard InChI is InChI=1S/C25H19ClN6O/c26-18-12-10-17(11-13-18)15-29-32-23(27)21(25(33)28-14-16-6-2-1-3-7-16)22-24(32)31-20-9-5-4-8-19(20)30-22/h1-13,15H,14,27H2,(H,28,33)/b29-15+. The lowest BCUT2D eigenvalue weighted by Crippen LogP contribution is -2.23. The van der Waals surface area contributed by atoms with Gasteiger partial charge >= 0.3 is 0 Å². The zero-order chi connectivity index (χ0) is 22.8. The fourth-order valence-corrected chi connectivity index (χ4v) is 3.65. The quantitative estimate of drug-likeness (QED) is 0.378. The molecule has 0 atom stereocenters. The third kappa shape index (κ3) is 4.14. The molecule has 0 radical (unpaired) electrons. The first-order valence-electron chi connectivity index (χ1n) is 10.3. The van der Waals surface area contributed by atoms with Gasteiger partial charge in [-0.2, -0.15) is 9.78 Å². The van der Waals surface area contributed by atoms with Crippen LogP contribution in [0.25, 0.3) is 22.2 Å². The summed E-state index contributed by atoms with van der Waals surface area (Å²) < 4.78 is 1.45. The third-order valence-corrected chi connectivity index (χ3v) is 5.44. The van der Waals surface area contributed by atoms with Gasteiger partial charge in [-0.15, -0.1) is 0 Å². The van der Waals surface area contributed by atoms with E-state index in [-0.39, 0.29) is 17.3 Å². The molecule has 8 heteroatoms. The fourth-order valence-electron chi connectivity index (χ4n) is 3.53. The predicted molar refractivity (Wildman–Crippen MR) is 132 cm³/mol. The third-order valence-electron chi connectivity index (χ3n) is 5.19. The first-order valence-corrected chi connectivity index (χ1v) is 10.7. The van der Waals surface area contributed by atoms with Gasteiger partial charge in [-0.3, -0.25) is 4.79 Å². The minimum Gasteiger partial charge on any atom is -0.383 e. The van der Waals surface area contributed by atoms with Crippen molar-refractivity contribution >= 4 is 51.7 Å². The minimum atomic E-state index is -0.341. The van der Waals surface area contributed by atoms with Crippen LogP contribution in [-0.2, 0) is 6.54 Å². The van der Waals surface area contributed by atoms with Crippen LogP contribution < -0.4 is 11.1 Å². The van der Waals surface area contributed by atoms with Crippen molar-refractivity contribution in [1.29, 1.82) is 0 Å². The Labute approximate surface area is 194 Å². The number of rotatable bonds is 5. The van der Waals surface area contributed by atoms with Crippen molar-refractivity contribution < 1.29 is 4.79 Å². The number of nitrogen functional groups attached to an aromatic ring is 1. The van der Waals surface area contributed by atoms with Gasteiger partial charge in [0.25, 0.3) is 5.91 Å². The SMILES string of the molecule is Nc1c(C(=O)NCc2ccccc2)c2nc3ccccc3nc2n1/N=C/c1ccc(Cl)cc1. The van der Waals surface area contributed by atoms with Crippen LogP contribution in [0.4, 0.5) is 5.82 Å². The molecule has 0 unspecified atom stereocenters. The number of amides is 1. The zero-order valence-electron chi connectivity index (χ0n) is 17.4. The molecule has 2 heterocycles. The van der Waals surface area contributed by atoms with Gasteiger partial charge in [0.1, 0.15) is 16.9 Å². The maximum Gasteiger partial charge on any atom is 0.257 e. The van der Waals surface area contributed by atoms with Crippen molar-refractivity contribution in [2.24, 2.45) is 5.10 Å². The van der Waals surface area contributed by atoms with E-state index in [1.165, 1.54) is 4.68 Å².